The highest BCUT2D eigenvalue weighted by Gasteiger charge is 2.26. The Bertz CT molecular complexity index is 252. The maximum absolute atomic E-state index is 10.7. The molecule has 0 aliphatic heterocycles. The fourth-order valence-electron chi connectivity index (χ4n) is 0.610. The largest absolute Gasteiger partial charge is 0.480 e. The van der Waals surface area contributed by atoms with Crippen LogP contribution in [0.1, 0.15) is 6.42 Å². The molecule has 0 radical (unpaired) electrons. The van der Waals surface area contributed by atoms with E-state index >= 15 is 0 Å². The lowest BCUT2D eigenvalue weighted by molar-refractivity contribution is -0.136. The van der Waals surface area contributed by atoms with E-state index in [2.05, 4.69) is 6.58 Å². The molecule has 0 aliphatic carbocycles. The third kappa shape index (κ3) is 3.18. The van der Waals surface area contributed by atoms with Gasteiger partial charge in [-0.1, -0.05) is 6.08 Å². The first kappa shape index (κ1) is 10.2. The van der Waals surface area contributed by atoms with Crippen molar-refractivity contribution in [2.45, 2.75) is 11.7 Å². The standard InChI is InChI=1S/C6H10O4S/c1-3-4-5(6(7)8)11(2,9)10/h3,5H,1,4H2,2H3,(H,7,8). The molecule has 1 N–H and O–H groups in total. The van der Waals surface area contributed by atoms with Gasteiger partial charge in [0.05, 0.1) is 0 Å². The number of sulfone groups is 1. The van der Waals surface area contributed by atoms with Crippen molar-refractivity contribution in [2.24, 2.45) is 0 Å². The summed E-state index contributed by atoms with van der Waals surface area (Å²) >= 11 is 0. The summed E-state index contributed by atoms with van der Waals surface area (Å²) in [5, 5.41) is 7.07. The molecule has 0 heterocycles. The van der Waals surface area contributed by atoms with Crippen LogP contribution in [0.15, 0.2) is 12.7 Å². The molecule has 0 aromatic heterocycles. The Labute approximate surface area is 65.5 Å². The molecule has 0 rings (SSSR count). The van der Waals surface area contributed by atoms with Crippen molar-refractivity contribution in [2.75, 3.05) is 6.26 Å². The maximum atomic E-state index is 10.7. The van der Waals surface area contributed by atoms with Gasteiger partial charge in [0, 0.05) is 6.26 Å². The molecular formula is C6H10O4S. The zero-order valence-corrected chi connectivity index (χ0v) is 6.97. The number of allylic oxidation sites excluding steroid dienone is 1. The fraction of sp³-hybridized carbons (Fsp3) is 0.500. The molecule has 0 bridgehead atoms. The van der Waals surface area contributed by atoms with E-state index in [4.69, 9.17) is 5.11 Å². The monoisotopic (exact) mass is 178 g/mol. The molecule has 0 saturated heterocycles. The highest BCUT2D eigenvalue weighted by molar-refractivity contribution is 7.92. The summed E-state index contributed by atoms with van der Waals surface area (Å²) in [5.74, 6) is -1.33. The van der Waals surface area contributed by atoms with Gasteiger partial charge in [-0.25, -0.2) is 8.42 Å². The molecule has 11 heavy (non-hydrogen) atoms. The first-order chi connectivity index (χ1) is 4.89. The molecule has 1 unspecified atom stereocenters. The van der Waals surface area contributed by atoms with Crippen molar-refractivity contribution < 1.29 is 18.3 Å². The first-order valence-electron chi connectivity index (χ1n) is 2.92. The molecule has 0 saturated carbocycles. The average Bonchev–Trinajstić information content (AvgIpc) is 1.79. The Kier molecular flexibility index (Phi) is 3.25. The predicted octanol–water partition coefficient (Wildman–Crippen LogP) is 0.0603. The van der Waals surface area contributed by atoms with Crippen LogP contribution < -0.4 is 0 Å². The summed E-state index contributed by atoms with van der Waals surface area (Å²) in [4.78, 5) is 10.3. The normalized spacial score (nSPS) is 13.9. The van der Waals surface area contributed by atoms with Crippen molar-refractivity contribution in [1.82, 2.24) is 0 Å². The van der Waals surface area contributed by atoms with Crippen molar-refractivity contribution >= 4 is 15.8 Å². The summed E-state index contributed by atoms with van der Waals surface area (Å²) in [6.45, 7) is 3.27. The van der Waals surface area contributed by atoms with E-state index in [0.29, 0.717) is 0 Å². The molecule has 5 heteroatoms. The summed E-state index contributed by atoms with van der Waals surface area (Å²) < 4.78 is 21.5. The van der Waals surface area contributed by atoms with E-state index < -0.39 is 21.1 Å². The summed E-state index contributed by atoms with van der Waals surface area (Å²) in [7, 11) is -3.50. The third-order valence-electron chi connectivity index (χ3n) is 1.17. The van der Waals surface area contributed by atoms with Crippen LogP contribution in [0.4, 0.5) is 0 Å². The highest BCUT2D eigenvalue weighted by atomic mass is 32.2. The topological polar surface area (TPSA) is 71.4 Å². The number of hydrogen-bond acceptors (Lipinski definition) is 3. The molecule has 0 fully saturated rings. The minimum Gasteiger partial charge on any atom is -0.480 e. The summed E-state index contributed by atoms with van der Waals surface area (Å²) in [6, 6.07) is 0. The van der Waals surface area contributed by atoms with Gasteiger partial charge in [0.2, 0.25) is 0 Å². The summed E-state index contributed by atoms with van der Waals surface area (Å²) in [5.41, 5.74) is 0. The van der Waals surface area contributed by atoms with Gasteiger partial charge >= 0.3 is 5.97 Å². The zero-order valence-electron chi connectivity index (χ0n) is 6.15. The van der Waals surface area contributed by atoms with Gasteiger partial charge in [0.25, 0.3) is 0 Å². The average molecular weight is 178 g/mol. The quantitative estimate of drug-likeness (QED) is 0.618. The van der Waals surface area contributed by atoms with Crippen LogP contribution in [0.5, 0.6) is 0 Å². The van der Waals surface area contributed by atoms with Crippen LogP contribution in [-0.4, -0.2) is 31.0 Å². The van der Waals surface area contributed by atoms with E-state index in [1.165, 1.54) is 6.08 Å². The lowest BCUT2D eigenvalue weighted by Gasteiger charge is -2.05. The minimum atomic E-state index is -3.50. The molecule has 0 amide bonds. The van der Waals surface area contributed by atoms with Gasteiger partial charge in [-0.3, -0.25) is 4.79 Å². The molecule has 4 nitrogen and oxygen atoms in total. The van der Waals surface area contributed by atoms with Crippen LogP contribution in [0, 0.1) is 0 Å². The Morgan fingerprint density at radius 1 is 1.73 bits per heavy atom. The van der Waals surface area contributed by atoms with E-state index in [1.54, 1.807) is 0 Å². The molecule has 1 atom stereocenters. The van der Waals surface area contributed by atoms with Gasteiger partial charge in [0.15, 0.2) is 15.1 Å². The van der Waals surface area contributed by atoms with Gasteiger partial charge in [-0.05, 0) is 6.42 Å². The smallest absolute Gasteiger partial charge is 0.322 e. The van der Waals surface area contributed by atoms with E-state index in [0.717, 1.165) is 6.26 Å². The van der Waals surface area contributed by atoms with Crippen LogP contribution >= 0.6 is 0 Å². The number of carboxylic acids is 1. The van der Waals surface area contributed by atoms with E-state index in [1.807, 2.05) is 0 Å². The number of aliphatic carboxylic acids is 1. The molecule has 0 aromatic rings. The lowest BCUT2D eigenvalue weighted by atomic mass is 10.3. The number of carboxylic acid groups (broad SMARTS) is 1. The lowest BCUT2D eigenvalue weighted by Crippen LogP contribution is -2.28. The van der Waals surface area contributed by atoms with Crippen molar-refractivity contribution in [3.63, 3.8) is 0 Å². The molecular weight excluding hydrogens is 168 g/mol. The van der Waals surface area contributed by atoms with Gasteiger partial charge in [-0.2, -0.15) is 0 Å². The molecule has 0 aromatic carbocycles. The fourth-order valence-corrected chi connectivity index (χ4v) is 1.46. The van der Waals surface area contributed by atoms with Crippen LogP contribution in [0.25, 0.3) is 0 Å². The third-order valence-corrected chi connectivity index (χ3v) is 2.60. The van der Waals surface area contributed by atoms with Crippen molar-refractivity contribution in [3.8, 4) is 0 Å². The SMILES string of the molecule is C=CCC(C(=O)O)S(C)(=O)=O. The Morgan fingerprint density at radius 3 is 2.27 bits per heavy atom. The molecule has 0 spiro atoms. The molecule has 0 aliphatic rings. The van der Waals surface area contributed by atoms with Gasteiger partial charge in [0.1, 0.15) is 0 Å². The van der Waals surface area contributed by atoms with E-state index in [-0.39, 0.29) is 6.42 Å². The molecule has 64 valence electrons. The minimum absolute atomic E-state index is 0.0475. The van der Waals surface area contributed by atoms with Crippen molar-refractivity contribution in [1.29, 1.82) is 0 Å². The van der Waals surface area contributed by atoms with E-state index in [9.17, 15) is 13.2 Å². The highest BCUT2D eigenvalue weighted by Crippen LogP contribution is 2.04. The second-order valence-electron chi connectivity index (χ2n) is 2.18. The van der Waals surface area contributed by atoms with Crippen LogP contribution in [0.3, 0.4) is 0 Å². The summed E-state index contributed by atoms with van der Waals surface area (Å²) in [6.07, 6.45) is 2.13. The van der Waals surface area contributed by atoms with Gasteiger partial charge < -0.3 is 5.11 Å². The number of rotatable bonds is 4. The Balaban J connectivity index is 4.62. The van der Waals surface area contributed by atoms with Gasteiger partial charge in [-0.15, -0.1) is 6.58 Å². The number of carbonyl (C=O) groups is 1. The second kappa shape index (κ2) is 3.52. The van der Waals surface area contributed by atoms with Crippen LogP contribution in [0.2, 0.25) is 0 Å². The second-order valence-corrected chi connectivity index (χ2v) is 4.41. The van der Waals surface area contributed by atoms with Crippen molar-refractivity contribution in [3.05, 3.63) is 12.7 Å². The van der Waals surface area contributed by atoms with Crippen LogP contribution in [-0.2, 0) is 14.6 Å². The Morgan fingerprint density at radius 2 is 2.18 bits per heavy atom. The zero-order chi connectivity index (χ0) is 9.07. The first-order valence-corrected chi connectivity index (χ1v) is 4.87. The predicted molar refractivity (Wildman–Crippen MR) is 41.1 cm³/mol. The maximum Gasteiger partial charge on any atom is 0.322 e. The number of hydrogen-bond donors (Lipinski definition) is 1. The Hall–Kier alpha value is -0.840.